The van der Waals surface area contributed by atoms with Crippen LogP contribution in [0.5, 0.6) is 5.75 Å². The Kier molecular flexibility index (Phi) is 8.41. The summed E-state index contributed by atoms with van der Waals surface area (Å²) in [6.45, 7) is 7.71. The van der Waals surface area contributed by atoms with Gasteiger partial charge in [-0.2, -0.15) is 0 Å². The van der Waals surface area contributed by atoms with Crippen LogP contribution in [0.4, 0.5) is 5.69 Å². The molecule has 0 saturated heterocycles. The van der Waals surface area contributed by atoms with Crippen molar-refractivity contribution in [2.75, 3.05) is 18.5 Å². The van der Waals surface area contributed by atoms with Gasteiger partial charge in [-0.3, -0.25) is 14.4 Å². The molecule has 0 bridgehead atoms. The number of anilines is 1. The average molecular weight is 412 g/mol. The van der Waals surface area contributed by atoms with Crippen LogP contribution < -0.4 is 15.4 Å². The largest absolute Gasteiger partial charge is 0.494 e. The fourth-order valence-electron chi connectivity index (χ4n) is 2.61. The van der Waals surface area contributed by atoms with Crippen LogP contribution in [-0.4, -0.2) is 37.0 Å². The van der Waals surface area contributed by atoms with Gasteiger partial charge in [-0.05, 0) is 61.7 Å². The lowest BCUT2D eigenvalue weighted by molar-refractivity contribution is -0.152. The molecule has 0 heterocycles. The molecule has 0 unspecified atom stereocenters. The minimum atomic E-state index is -0.996. The molecular formula is C23H28N2O5. The number of nitrogens with one attached hydrogen (secondary N) is 2. The highest BCUT2D eigenvalue weighted by Gasteiger charge is 2.18. The van der Waals surface area contributed by atoms with Crippen LogP contribution in [0.2, 0.25) is 0 Å². The summed E-state index contributed by atoms with van der Waals surface area (Å²) in [4.78, 5) is 36.3. The lowest BCUT2D eigenvalue weighted by atomic mass is 10.0. The van der Waals surface area contributed by atoms with Gasteiger partial charge in [-0.1, -0.05) is 26.0 Å². The Bertz CT molecular complexity index is 860. The van der Waals surface area contributed by atoms with Crippen LogP contribution in [0.15, 0.2) is 48.5 Å². The Morgan fingerprint density at radius 3 is 2.13 bits per heavy atom. The fraction of sp³-hybridized carbons (Fsp3) is 0.348. The summed E-state index contributed by atoms with van der Waals surface area (Å²) in [6, 6.07) is 14.0. The SMILES string of the molecule is CCOc1ccc(C(=O)NCC(=O)O[C@@H](C)C(=O)Nc2ccc(C(C)C)cc2)cc1. The summed E-state index contributed by atoms with van der Waals surface area (Å²) in [5.41, 5.74) is 2.17. The van der Waals surface area contributed by atoms with E-state index in [1.165, 1.54) is 6.92 Å². The molecule has 0 aromatic heterocycles. The maximum absolute atomic E-state index is 12.2. The molecule has 0 fully saturated rings. The molecule has 7 heteroatoms. The normalized spacial score (nSPS) is 11.5. The molecule has 0 radical (unpaired) electrons. The summed E-state index contributed by atoms with van der Waals surface area (Å²) >= 11 is 0. The third kappa shape index (κ3) is 6.92. The van der Waals surface area contributed by atoms with E-state index in [-0.39, 0.29) is 6.54 Å². The molecule has 2 aromatic carbocycles. The van der Waals surface area contributed by atoms with Crippen molar-refractivity contribution in [2.45, 2.75) is 39.7 Å². The quantitative estimate of drug-likeness (QED) is 0.615. The van der Waals surface area contributed by atoms with Crippen molar-refractivity contribution >= 4 is 23.5 Å². The Morgan fingerprint density at radius 1 is 0.933 bits per heavy atom. The van der Waals surface area contributed by atoms with Crippen molar-refractivity contribution in [3.63, 3.8) is 0 Å². The van der Waals surface area contributed by atoms with E-state index in [0.717, 1.165) is 5.56 Å². The molecule has 160 valence electrons. The molecule has 2 aromatic rings. The standard InChI is InChI=1S/C23H28N2O5/c1-5-29-20-12-8-18(9-13-20)23(28)24-14-21(26)30-16(4)22(27)25-19-10-6-17(7-11-19)15(2)3/h6-13,15-16H,5,14H2,1-4H3,(H,24,28)(H,25,27)/t16-/m0/s1. The summed E-state index contributed by atoms with van der Waals surface area (Å²) in [7, 11) is 0. The van der Waals surface area contributed by atoms with Gasteiger partial charge < -0.3 is 20.1 Å². The molecule has 2 N–H and O–H groups in total. The van der Waals surface area contributed by atoms with Crippen LogP contribution in [0.1, 0.15) is 49.5 Å². The maximum Gasteiger partial charge on any atom is 0.326 e. The Labute approximate surface area is 176 Å². The summed E-state index contributed by atoms with van der Waals surface area (Å²) in [5, 5.41) is 5.18. The van der Waals surface area contributed by atoms with Crippen LogP contribution in [0.25, 0.3) is 0 Å². The first kappa shape index (κ1) is 22.9. The predicted molar refractivity (Wildman–Crippen MR) is 115 cm³/mol. The molecule has 0 saturated carbocycles. The fourth-order valence-corrected chi connectivity index (χ4v) is 2.61. The molecule has 30 heavy (non-hydrogen) atoms. The van der Waals surface area contributed by atoms with E-state index in [2.05, 4.69) is 24.5 Å². The Balaban J connectivity index is 1.78. The van der Waals surface area contributed by atoms with Gasteiger partial charge in [-0.15, -0.1) is 0 Å². The Morgan fingerprint density at radius 2 is 1.57 bits per heavy atom. The van der Waals surface area contributed by atoms with Gasteiger partial charge in [0.15, 0.2) is 6.10 Å². The first-order chi connectivity index (χ1) is 14.3. The number of hydrogen-bond acceptors (Lipinski definition) is 5. The van der Waals surface area contributed by atoms with Crippen molar-refractivity contribution in [1.82, 2.24) is 5.32 Å². The number of carbonyl (C=O) groups is 3. The molecule has 0 aliphatic rings. The third-order valence-corrected chi connectivity index (χ3v) is 4.34. The van der Waals surface area contributed by atoms with E-state index in [1.54, 1.807) is 36.4 Å². The van der Waals surface area contributed by atoms with Crippen molar-refractivity contribution in [3.8, 4) is 5.75 Å². The highest BCUT2D eigenvalue weighted by atomic mass is 16.5. The zero-order valence-electron chi connectivity index (χ0n) is 17.7. The average Bonchev–Trinajstić information content (AvgIpc) is 2.73. The second kappa shape index (κ2) is 11.0. The molecule has 1 atom stereocenters. The highest BCUT2D eigenvalue weighted by molar-refractivity contribution is 5.97. The van der Waals surface area contributed by atoms with Crippen molar-refractivity contribution < 1.29 is 23.9 Å². The predicted octanol–water partition coefficient (Wildman–Crippen LogP) is 3.51. The number of benzene rings is 2. The van der Waals surface area contributed by atoms with Gasteiger partial charge in [0.2, 0.25) is 0 Å². The second-order valence-electron chi connectivity index (χ2n) is 7.04. The van der Waals surface area contributed by atoms with Gasteiger partial charge in [0, 0.05) is 11.3 Å². The van der Waals surface area contributed by atoms with Crippen molar-refractivity contribution in [3.05, 3.63) is 59.7 Å². The van der Waals surface area contributed by atoms with Crippen LogP contribution >= 0.6 is 0 Å². The van der Waals surface area contributed by atoms with Crippen molar-refractivity contribution in [1.29, 1.82) is 0 Å². The number of esters is 1. The number of rotatable bonds is 9. The monoisotopic (exact) mass is 412 g/mol. The molecule has 0 aliphatic heterocycles. The zero-order chi connectivity index (χ0) is 22.1. The molecule has 0 aliphatic carbocycles. The number of hydrogen-bond donors (Lipinski definition) is 2. The molecule has 7 nitrogen and oxygen atoms in total. The summed E-state index contributed by atoms with van der Waals surface area (Å²) in [6.07, 6.45) is -0.996. The highest BCUT2D eigenvalue weighted by Crippen LogP contribution is 2.17. The van der Waals surface area contributed by atoms with Gasteiger partial charge in [0.25, 0.3) is 11.8 Å². The molecule has 0 spiro atoms. The van der Waals surface area contributed by atoms with Crippen LogP contribution in [0, 0.1) is 0 Å². The topological polar surface area (TPSA) is 93.7 Å². The smallest absolute Gasteiger partial charge is 0.326 e. The maximum atomic E-state index is 12.2. The summed E-state index contributed by atoms with van der Waals surface area (Å²) < 4.78 is 10.4. The van der Waals surface area contributed by atoms with E-state index in [1.807, 2.05) is 19.1 Å². The third-order valence-electron chi connectivity index (χ3n) is 4.34. The van der Waals surface area contributed by atoms with Crippen LogP contribution in [-0.2, 0) is 14.3 Å². The van der Waals surface area contributed by atoms with E-state index in [4.69, 9.17) is 9.47 Å². The molecule has 2 rings (SSSR count). The van der Waals surface area contributed by atoms with Gasteiger partial charge in [0.05, 0.1) is 6.61 Å². The van der Waals surface area contributed by atoms with Gasteiger partial charge in [0.1, 0.15) is 12.3 Å². The molecule has 2 amide bonds. The van der Waals surface area contributed by atoms with E-state index < -0.39 is 23.9 Å². The zero-order valence-corrected chi connectivity index (χ0v) is 17.7. The Hall–Kier alpha value is -3.35. The first-order valence-electron chi connectivity index (χ1n) is 9.91. The minimum absolute atomic E-state index is 0.341. The second-order valence-corrected chi connectivity index (χ2v) is 7.04. The molecular weight excluding hydrogens is 384 g/mol. The van der Waals surface area contributed by atoms with Crippen molar-refractivity contribution in [2.24, 2.45) is 0 Å². The number of amides is 2. The van der Waals surface area contributed by atoms with Crippen LogP contribution in [0.3, 0.4) is 0 Å². The lowest BCUT2D eigenvalue weighted by Gasteiger charge is -2.14. The van der Waals surface area contributed by atoms with Gasteiger partial charge in [-0.25, -0.2) is 0 Å². The minimum Gasteiger partial charge on any atom is -0.494 e. The summed E-state index contributed by atoms with van der Waals surface area (Å²) in [5.74, 6) is -0.512. The first-order valence-corrected chi connectivity index (χ1v) is 9.91. The van der Waals surface area contributed by atoms with E-state index >= 15 is 0 Å². The number of carbonyl (C=O) groups excluding carboxylic acids is 3. The number of ether oxygens (including phenoxy) is 2. The van der Waals surface area contributed by atoms with E-state index in [9.17, 15) is 14.4 Å². The lowest BCUT2D eigenvalue weighted by Crippen LogP contribution is -2.35. The van der Waals surface area contributed by atoms with E-state index in [0.29, 0.717) is 29.5 Å². The van der Waals surface area contributed by atoms with Gasteiger partial charge >= 0.3 is 5.97 Å².